The third kappa shape index (κ3) is 2.60. The molecule has 0 unspecified atom stereocenters. The van der Waals surface area contributed by atoms with Gasteiger partial charge in [-0.2, -0.15) is 14.6 Å². The van der Waals surface area contributed by atoms with E-state index in [2.05, 4.69) is 10.1 Å². The van der Waals surface area contributed by atoms with Gasteiger partial charge in [0.1, 0.15) is 5.01 Å². The number of rotatable bonds is 4. The number of aromatic hydroxyl groups is 1. The molecule has 0 radical (unpaired) electrons. The van der Waals surface area contributed by atoms with Crippen molar-refractivity contribution in [2.75, 3.05) is 0 Å². The molecule has 1 fully saturated rings. The number of hydrogen-bond acceptors (Lipinski definition) is 7. The maximum Gasteiger partial charge on any atom is 0.397 e. The monoisotopic (exact) mass is 310 g/mol. The number of aryl methyl sites for hydroxylation is 1. The van der Waals surface area contributed by atoms with Crippen LogP contribution in [0, 0.1) is 16.0 Å². The van der Waals surface area contributed by atoms with Gasteiger partial charge in [0.25, 0.3) is 0 Å². The molecule has 1 saturated carbocycles. The van der Waals surface area contributed by atoms with Gasteiger partial charge in [-0.15, -0.1) is 0 Å². The van der Waals surface area contributed by atoms with Gasteiger partial charge in [0.2, 0.25) is 4.96 Å². The van der Waals surface area contributed by atoms with E-state index >= 15 is 0 Å². The average Bonchev–Trinajstić information content (AvgIpc) is 3.04. The van der Waals surface area contributed by atoms with Gasteiger partial charge in [-0.05, 0) is 12.3 Å². The molecule has 3 rings (SSSR count). The van der Waals surface area contributed by atoms with E-state index in [9.17, 15) is 20.0 Å². The van der Waals surface area contributed by atoms with E-state index in [4.69, 9.17) is 0 Å². The Kier molecular flexibility index (Phi) is 3.58. The van der Waals surface area contributed by atoms with Crippen molar-refractivity contribution < 1.29 is 10.0 Å². The minimum Gasteiger partial charge on any atom is -0.488 e. The summed E-state index contributed by atoms with van der Waals surface area (Å²) in [6.07, 6.45) is 6.73. The Morgan fingerprint density at radius 2 is 2.14 bits per heavy atom. The van der Waals surface area contributed by atoms with Crippen molar-refractivity contribution in [2.24, 2.45) is 5.92 Å². The highest BCUT2D eigenvalue weighted by molar-refractivity contribution is 7.16. The summed E-state index contributed by atoms with van der Waals surface area (Å²) in [5.41, 5.74) is -1.87. The lowest BCUT2D eigenvalue weighted by molar-refractivity contribution is -0.387. The predicted octanol–water partition coefficient (Wildman–Crippen LogP) is 1.89. The number of hydrogen-bond donors (Lipinski definition) is 1. The van der Waals surface area contributed by atoms with Gasteiger partial charge >= 0.3 is 17.1 Å². The van der Waals surface area contributed by atoms with Gasteiger partial charge in [-0.3, -0.25) is 14.9 Å². The fourth-order valence-corrected chi connectivity index (χ4v) is 3.65. The van der Waals surface area contributed by atoms with Crippen molar-refractivity contribution >= 4 is 22.0 Å². The molecule has 0 spiro atoms. The largest absolute Gasteiger partial charge is 0.488 e. The number of nitrogens with zero attached hydrogens (tertiary/aromatic N) is 4. The third-order valence-electron chi connectivity index (χ3n) is 3.83. The van der Waals surface area contributed by atoms with Crippen molar-refractivity contribution in [1.29, 1.82) is 0 Å². The summed E-state index contributed by atoms with van der Waals surface area (Å²) in [6, 6.07) is 0. The van der Waals surface area contributed by atoms with Gasteiger partial charge in [-0.25, -0.2) is 0 Å². The second kappa shape index (κ2) is 5.40. The molecule has 21 heavy (non-hydrogen) atoms. The van der Waals surface area contributed by atoms with Crippen LogP contribution < -0.4 is 5.56 Å². The highest BCUT2D eigenvalue weighted by Crippen LogP contribution is 2.29. The van der Waals surface area contributed by atoms with Gasteiger partial charge in [0, 0.05) is 6.42 Å². The molecule has 8 nitrogen and oxygen atoms in total. The summed E-state index contributed by atoms with van der Waals surface area (Å²) in [6.45, 7) is 0. The Morgan fingerprint density at radius 1 is 1.43 bits per heavy atom. The summed E-state index contributed by atoms with van der Waals surface area (Å²) in [4.78, 5) is 25.6. The molecule has 9 heteroatoms. The first-order valence-electron chi connectivity index (χ1n) is 6.82. The second-order valence-corrected chi connectivity index (χ2v) is 6.27. The Labute approximate surface area is 123 Å². The Balaban J connectivity index is 1.90. The SMILES string of the molecule is O=c1c([N+](=O)[O-])c(O)nc2sc(CCC3CCCC3)nn12. The lowest BCUT2D eigenvalue weighted by Gasteiger charge is -2.05. The summed E-state index contributed by atoms with van der Waals surface area (Å²) < 4.78 is 0.909. The Morgan fingerprint density at radius 3 is 2.81 bits per heavy atom. The normalized spacial score (nSPS) is 15.8. The van der Waals surface area contributed by atoms with E-state index in [1.165, 1.54) is 37.0 Å². The molecule has 0 aromatic carbocycles. The summed E-state index contributed by atoms with van der Waals surface area (Å²) in [7, 11) is 0. The number of nitro groups is 1. The van der Waals surface area contributed by atoms with E-state index in [1.54, 1.807) is 0 Å². The zero-order valence-corrected chi connectivity index (χ0v) is 12.0. The topological polar surface area (TPSA) is 111 Å². The first-order valence-corrected chi connectivity index (χ1v) is 7.64. The Bertz CT molecular complexity index is 748. The zero-order chi connectivity index (χ0) is 15.0. The Hall–Kier alpha value is -2.03. The third-order valence-corrected chi connectivity index (χ3v) is 4.80. The summed E-state index contributed by atoms with van der Waals surface area (Å²) >= 11 is 1.19. The maximum absolute atomic E-state index is 11.9. The number of fused-ring (bicyclic) bond motifs is 1. The standard InChI is InChI=1S/C12H14N4O4S/c17-10-9(16(19)20)11(18)15-12(13-10)21-8(14-15)6-5-7-3-1-2-4-7/h7,17H,1-6H2. The molecule has 0 bridgehead atoms. The molecule has 1 aliphatic carbocycles. The molecule has 0 saturated heterocycles. The quantitative estimate of drug-likeness (QED) is 0.682. The van der Waals surface area contributed by atoms with Gasteiger partial charge in [0.05, 0.1) is 4.92 Å². The zero-order valence-electron chi connectivity index (χ0n) is 11.2. The van der Waals surface area contributed by atoms with E-state index in [-0.39, 0.29) is 4.96 Å². The molecule has 2 aromatic rings. The lowest BCUT2D eigenvalue weighted by atomic mass is 10.0. The molecule has 112 valence electrons. The van der Waals surface area contributed by atoms with Crippen LogP contribution in [0.1, 0.15) is 37.1 Å². The molecule has 0 amide bonds. The second-order valence-electron chi connectivity index (χ2n) is 5.23. The predicted molar refractivity (Wildman–Crippen MR) is 75.7 cm³/mol. The van der Waals surface area contributed by atoms with Gasteiger partial charge in [0.15, 0.2) is 0 Å². The van der Waals surface area contributed by atoms with Gasteiger partial charge in [-0.1, -0.05) is 37.0 Å². The maximum atomic E-state index is 11.9. The van der Waals surface area contributed by atoms with Crippen LogP contribution in [-0.2, 0) is 6.42 Å². The summed E-state index contributed by atoms with van der Waals surface area (Å²) in [5, 5.41) is 25.1. The lowest BCUT2D eigenvalue weighted by Crippen LogP contribution is -2.18. The van der Waals surface area contributed by atoms with Crippen LogP contribution in [0.3, 0.4) is 0 Å². The van der Waals surface area contributed by atoms with Crippen molar-refractivity contribution in [3.8, 4) is 5.88 Å². The van der Waals surface area contributed by atoms with Crippen LogP contribution >= 0.6 is 11.3 Å². The molecule has 1 N–H and O–H groups in total. The number of aromatic nitrogens is 3. The van der Waals surface area contributed by atoms with Crippen molar-refractivity contribution in [3.63, 3.8) is 0 Å². The smallest absolute Gasteiger partial charge is 0.397 e. The molecule has 0 aliphatic heterocycles. The van der Waals surface area contributed by atoms with Crippen molar-refractivity contribution in [2.45, 2.75) is 38.5 Å². The minimum atomic E-state index is -0.939. The van der Waals surface area contributed by atoms with Crippen LogP contribution in [0.5, 0.6) is 5.88 Å². The fourth-order valence-electron chi connectivity index (χ4n) is 2.75. The molecule has 2 aromatic heterocycles. The van der Waals surface area contributed by atoms with E-state index in [0.29, 0.717) is 10.9 Å². The first kappa shape index (κ1) is 13.9. The first-order chi connectivity index (χ1) is 10.1. The minimum absolute atomic E-state index is 0.185. The molecule has 1 aliphatic rings. The highest BCUT2D eigenvalue weighted by Gasteiger charge is 2.25. The van der Waals surface area contributed by atoms with E-state index < -0.39 is 22.0 Å². The van der Waals surface area contributed by atoms with E-state index in [1.807, 2.05) is 0 Å². The van der Waals surface area contributed by atoms with Crippen LogP contribution in [0.4, 0.5) is 5.69 Å². The van der Waals surface area contributed by atoms with Crippen LogP contribution in [0.2, 0.25) is 0 Å². The van der Waals surface area contributed by atoms with Crippen LogP contribution in [-0.4, -0.2) is 24.6 Å². The molecule has 2 heterocycles. The fraction of sp³-hybridized carbons (Fsp3) is 0.583. The molecular weight excluding hydrogens is 296 g/mol. The van der Waals surface area contributed by atoms with E-state index in [0.717, 1.165) is 17.4 Å². The van der Waals surface area contributed by atoms with Crippen LogP contribution in [0.25, 0.3) is 4.96 Å². The average molecular weight is 310 g/mol. The highest BCUT2D eigenvalue weighted by atomic mass is 32.1. The molecular formula is C12H14N4O4S. The van der Waals surface area contributed by atoms with Crippen molar-refractivity contribution in [1.82, 2.24) is 14.6 Å². The van der Waals surface area contributed by atoms with Gasteiger partial charge < -0.3 is 5.11 Å². The summed E-state index contributed by atoms with van der Waals surface area (Å²) in [5.74, 6) is -0.152. The molecule has 0 atom stereocenters. The van der Waals surface area contributed by atoms with Crippen molar-refractivity contribution in [3.05, 3.63) is 25.5 Å². The van der Waals surface area contributed by atoms with Crippen LogP contribution in [0.15, 0.2) is 4.79 Å².